The van der Waals surface area contributed by atoms with E-state index >= 15 is 0 Å². The summed E-state index contributed by atoms with van der Waals surface area (Å²) >= 11 is 0. The first-order valence-electron chi connectivity index (χ1n) is 10.8. The largest absolute Gasteiger partial charge is 0.381 e. The molecule has 2 aromatic rings. The minimum absolute atomic E-state index is 0.215. The summed E-state index contributed by atoms with van der Waals surface area (Å²) in [5, 5.41) is 3.04. The fourth-order valence-electron chi connectivity index (χ4n) is 4.21. The second-order valence-corrected chi connectivity index (χ2v) is 10.1. The van der Waals surface area contributed by atoms with Crippen LogP contribution in [0.1, 0.15) is 37.8 Å². The molecule has 0 bridgehead atoms. The molecule has 1 N–H and O–H groups in total. The summed E-state index contributed by atoms with van der Waals surface area (Å²) in [5.41, 5.74) is 2.55. The first-order chi connectivity index (χ1) is 14.8. The van der Waals surface area contributed by atoms with Crippen molar-refractivity contribution in [2.75, 3.05) is 30.3 Å². The number of hydrogen-bond donors (Lipinski definition) is 1. The van der Waals surface area contributed by atoms with E-state index < -0.39 is 16.1 Å². The molecule has 1 heterocycles. The molecule has 7 heteroatoms. The second kappa shape index (κ2) is 9.83. The fourth-order valence-corrected chi connectivity index (χ4v) is 5.39. The molecule has 1 amide bonds. The molecule has 1 fully saturated rings. The van der Waals surface area contributed by atoms with Gasteiger partial charge in [-0.15, -0.1) is 0 Å². The van der Waals surface area contributed by atoms with E-state index in [4.69, 9.17) is 4.74 Å². The van der Waals surface area contributed by atoms with Crippen LogP contribution in [0, 0.1) is 0 Å². The van der Waals surface area contributed by atoms with Crippen molar-refractivity contribution in [1.29, 1.82) is 0 Å². The molecule has 0 spiro atoms. The Morgan fingerprint density at radius 1 is 1.10 bits per heavy atom. The van der Waals surface area contributed by atoms with Crippen LogP contribution in [0.15, 0.2) is 54.6 Å². The molecular formula is C24H32N2O4S. The van der Waals surface area contributed by atoms with Crippen LogP contribution in [0.25, 0.3) is 0 Å². The number of nitrogens with zero attached hydrogens (tertiary/aromatic N) is 1. The Morgan fingerprint density at radius 3 is 2.26 bits per heavy atom. The Bertz CT molecular complexity index is 968. The van der Waals surface area contributed by atoms with Gasteiger partial charge in [0.25, 0.3) is 0 Å². The number of sulfonamides is 1. The zero-order chi connectivity index (χ0) is 22.5. The van der Waals surface area contributed by atoms with Gasteiger partial charge in [0, 0.05) is 25.2 Å². The van der Waals surface area contributed by atoms with Gasteiger partial charge in [-0.1, -0.05) is 49.4 Å². The van der Waals surface area contributed by atoms with Crippen molar-refractivity contribution in [2.45, 2.75) is 44.6 Å². The zero-order valence-electron chi connectivity index (χ0n) is 18.5. The molecule has 31 heavy (non-hydrogen) atoms. The van der Waals surface area contributed by atoms with Crippen LogP contribution in [0.5, 0.6) is 0 Å². The van der Waals surface area contributed by atoms with Gasteiger partial charge in [0.15, 0.2) is 0 Å². The van der Waals surface area contributed by atoms with E-state index in [1.807, 2.05) is 37.3 Å². The first kappa shape index (κ1) is 23.3. The van der Waals surface area contributed by atoms with Crippen LogP contribution >= 0.6 is 0 Å². The molecule has 0 radical (unpaired) electrons. The molecule has 0 saturated carbocycles. The predicted molar refractivity (Wildman–Crippen MR) is 124 cm³/mol. The van der Waals surface area contributed by atoms with Crippen molar-refractivity contribution < 1.29 is 17.9 Å². The van der Waals surface area contributed by atoms with E-state index in [-0.39, 0.29) is 11.3 Å². The van der Waals surface area contributed by atoms with Crippen molar-refractivity contribution >= 4 is 21.6 Å². The summed E-state index contributed by atoms with van der Waals surface area (Å²) in [6.07, 6.45) is 3.61. The maximum absolute atomic E-state index is 13.1. The Kier molecular flexibility index (Phi) is 7.38. The number of aryl methyl sites for hydroxylation is 1. The Hall–Kier alpha value is -2.38. The van der Waals surface area contributed by atoms with E-state index in [1.54, 1.807) is 19.1 Å². The van der Waals surface area contributed by atoms with Crippen molar-refractivity contribution in [3.63, 3.8) is 0 Å². The van der Waals surface area contributed by atoms with Crippen molar-refractivity contribution in [3.8, 4) is 0 Å². The van der Waals surface area contributed by atoms with Crippen molar-refractivity contribution in [2.24, 2.45) is 0 Å². The molecule has 2 aromatic carbocycles. The summed E-state index contributed by atoms with van der Waals surface area (Å²) < 4.78 is 31.9. The summed E-state index contributed by atoms with van der Waals surface area (Å²) in [6.45, 7) is 5.39. The van der Waals surface area contributed by atoms with E-state index in [9.17, 15) is 13.2 Å². The van der Waals surface area contributed by atoms with Gasteiger partial charge in [0.05, 0.1) is 11.9 Å². The number of rotatable bonds is 8. The lowest BCUT2D eigenvalue weighted by Gasteiger charge is -2.38. The highest BCUT2D eigenvalue weighted by atomic mass is 32.2. The average molecular weight is 445 g/mol. The number of nitrogens with one attached hydrogen (secondary N) is 1. The molecule has 1 aliphatic rings. The van der Waals surface area contributed by atoms with E-state index in [2.05, 4.69) is 17.4 Å². The smallest absolute Gasteiger partial charge is 0.243 e. The quantitative estimate of drug-likeness (QED) is 0.678. The lowest BCUT2D eigenvalue weighted by Crippen LogP contribution is -2.51. The monoisotopic (exact) mass is 444 g/mol. The maximum atomic E-state index is 13.1. The second-order valence-electron chi connectivity index (χ2n) is 8.23. The van der Waals surface area contributed by atoms with Gasteiger partial charge in [-0.05, 0) is 49.4 Å². The summed E-state index contributed by atoms with van der Waals surface area (Å²) in [7, 11) is -3.64. The van der Waals surface area contributed by atoms with Crippen LogP contribution in [-0.2, 0) is 31.4 Å². The lowest BCUT2D eigenvalue weighted by atomic mass is 9.74. The van der Waals surface area contributed by atoms with Gasteiger partial charge in [-0.3, -0.25) is 9.10 Å². The third kappa shape index (κ3) is 5.46. The number of ether oxygens (including phenoxy) is 1. The third-order valence-electron chi connectivity index (χ3n) is 6.12. The normalized spacial score (nSPS) is 17.0. The van der Waals surface area contributed by atoms with Gasteiger partial charge in [0.1, 0.15) is 6.04 Å². The van der Waals surface area contributed by atoms with Gasteiger partial charge in [-0.2, -0.15) is 0 Å². The highest BCUT2D eigenvalue weighted by molar-refractivity contribution is 7.92. The van der Waals surface area contributed by atoms with Crippen molar-refractivity contribution in [3.05, 3.63) is 65.7 Å². The third-order valence-corrected chi connectivity index (χ3v) is 7.37. The van der Waals surface area contributed by atoms with Gasteiger partial charge in [0.2, 0.25) is 15.9 Å². The average Bonchev–Trinajstić information content (AvgIpc) is 2.78. The van der Waals surface area contributed by atoms with Gasteiger partial charge >= 0.3 is 0 Å². The summed E-state index contributed by atoms with van der Waals surface area (Å²) in [5.74, 6) is -0.313. The van der Waals surface area contributed by atoms with Crippen LogP contribution in [-0.4, -0.2) is 46.4 Å². The Labute approximate surface area is 185 Å². The molecule has 3 rings (SSSR count). The summed E-state index contributed by atoms with van der Waals surface area (Å²) in [4.78, 5) is 13.1. The first-order valence-corrected chi connectivity index (χ1v) is 12.6. The molecule has 1 atom stereocenters. The Balaban J connectivity index is 1.79. The standard InChI is InChI=1S/C24H32N2O4S/c1-4-20-10-12-22(13-11-20)26(31(3,28)29)19(2)23(27)25-18-24(14-16-30-17-15-24)21-8-6-5-7-9-21/h5-13,19H,4,14-18H2,1-3H3,(H,25,27)/t19-/m0/s1. The summed E-state index contributed by atoms with van der Waals surface area (Å²) in [6, 6.07) is 16.6. The topological polar surface area (TPSA) is 75.7 Å². The SMILES string of the molecule is CCc1ccc(N([C@@H](C)C(=O)NCC2(c3ccccc3)CCOCC2)S(C)(=O)=O)cc1. The fraction of sp³-hybridized carbons (Fsp3) is 0.458. The van der Waals surface area contributed by atoms with E-state index in [0.717, 1.165) is 31.1 Å². The molecule has 0 unspecified atom stereocenters. The van der Waals surface area contributed by atoms with Crippen molar-refractivity contribution in [1.82, 2.24) is 5.32 Å². The number of amides is 1. The molecule has 0 aliphatic carbocycles. The zero-order valence-corrected chi connectivity index (χ0v) is 19.3. The van der Waals surface area contributed by atoms with Gasteiger partial charge < -0.3 is 10.1 Å². The molecule has 0 aromatic heterocycles. The minimum atomic E-state index is -3.64. The predicted octanol–water partition coefficient (Wildman–Crippen LogP) is 3.27. The van der Waals surface area contributed by atoms with Gasteiger partial charge in [-0.25, -0.2) is 8.42 Å². The number of hydrogen-bond acceptors (Lipinski definition) is 4. The molecule has 6 nitrogen and oxygen atoms in total. The van der Waals surface area contributed by atoms with Crippen LogP contribution in [0.4, 0.5) is 5.69 Å². The van der Waals surface area contributed by atoms with Crippen LogP contribution < -0.4 is 9.62 Å². The van der Waals surface area contributed by atoms with E-state index in [1.165, 1.54) is 9.87 Å². The molecule has 1 aliphatic heterocycles. The number of anilines is 1. The highest BCUT2D eigenvalue weighted by Gasteiger charge is 2.36. The van der Waals surface area contributed by atoms with Crippen LogP contribution in [0.3, 0.4) is 0 Å². The minimum Gasteiger partial charge on any atom is -0.381 e. The number of carbonyl (C=O) groups is 1. The number of benzene rings is 2. The lowest BCUT2D eigenvalue weighted by molar-refractivity contribution is -0.122. The molecule has 168 valence electrons. The highest BCUT2D eigenvalue weighted by Crippen LogP contribution is 2.34. The molecule has 1 saturated heterocycles. The molecular weight excluding hydrogens is 412 g/mol. The van der Waals surface area contributed by atoms with E-state index in [0.29, 0.717) is 25.4 Å². The Morgan fingerprint density at radius 2 is 1.71 bits per heavy atom. The van der Waals surface area contributed by atoms with Crippen LogP contribution in [0.2, 0.25) is 0 Å². The number of carbonyl (C=O) groups excluding carboxylic acids is 1. The maximum Gasteiger partial charge on any atom is 0.243 e.